The summed E-state index contributed by atoms with van der Waals surface area (Å²) in [7, 11) is 0.391. The minimum Gasteiger partial charge on any atom is -0.400 e. The number of nitrogens with zero attached hydrogens (tertiary/aromatic N) is 1. The minimum absolute atomic E-state index is 0.315. The Labute approximate surface area is 209 Å². The zero-order valence-electron chi connectivity index (χ0n) is 21.8. The minimum atomic E-state index is -0.618. The lowest BCUT2D eigenvalue weighted by Crippen LogP contribution is -2.41. The molecule has 0 atom stereocenters. The fourth-order valence-electron chi connectivity index (χ4n) is 4.27. The topological polar surface area (TPSA) is 58.5 Å². The summed E-state index contributed by atoms with van der Waals surface area (Å²) in [5.41, 5.74) is 1.75. The first kappa shape index (κ1) is 25.8. The third-order valence-corrected chi connectivity index (χ3v) is 8.16. The van der Waals surface area contributed by atoms with Crippen LogP contribution in [0.2, 0.25) is 5.02 Å². The van der Waals surface area contributed by atoms with E-state index in [0.29, 0.717) is 10.9 Å². The second-order valence-corrected chi connectivity index (χ2v) is 11.9. The van der Waals surface area contributed by atoms with E-state index in [-0.39, 0.29) is 0 Å². The summed E-state index contributed by atoms with van der Waals surface area (Å²) >= 11 is 6.52. The van der Waals surface area contributed by atoms with E-state index < -0.39 is 36.6 Å². The van der Waals surface area contributed by atoms with E-state index >= 15 is 0 Å². The SMILES string of the molecule is CO/N=C/c1ccc(Cl)cc1/C(B1OC(C)(C)C(C)(C)O1)=C(/B1OC(C)(C)C(C)(C)O1)C1CC1. The van der Waals surface area contributed by atoms with Gasteiger partial charge in [-0.3, -0.25) is 0 Å². The maximum atomic E-state index is 6.59. The van der Waals surface area contributed by atoms with Crippen molar-refractivity contribution >= 4 is 37.5 Å². The Bertz CT molecular complexity index is 985. The molecule has 1 aromatic carbocycles. The fourth-order valence-corrected chi connectivity index (χ4v) is 4.44. The summed E-state index contributed by atoms with van der Waals surface area (Å²) in [6.07, 6.45) is 3.81. The quantitative estimate of drug-likeness (QED) is 0.291. The average Bonchev–Trinajstić information content (AvgIpc) is 3.46. The molecule has 6 nitrogen and oxygen atoms in total. The van der Waals surface area contributed by atoms with Crippen molar-refractivity contribution in [1.82, 2.24) is 0 Å². The van der Waals surface area contributed by atoms with Gasteiger partial charge in [0, 0.05) is 10.6 Å². The number of allylic oxidation sites excluding steroid dienone is 1. The highest BCUT2D eigenvalue weighted by Gasteiger charge is 2.58. The molecule has 2 heterocycles. The monoisotopic (exact) mass is 487 g/mol. The van der Waals surface area contributed by atoms with Crippen LogP contribution in [0.3, 0.4) is 0 Å². The maximum Gasteiger partial charge on any atom is 0.494 e. The highest BCUT2D eigenvalue weighted by Crippen LogP contribution is 2.50. The van der Waals surface area contributed by atoms with Gasteiger partial charge in [-0.15, -0.1) is 0 Å². The molecule has 0 amide bonds. The molecule has 0 bridgehead atoms. The van der Waals surface area contributed by atoms with Crippen molar-refractivity contribution in [1.29, 1.82) is 0 Å². The molecule has 9 heteroatoms. The molecule has 4 rings (SSSR count). The van der Waals surface area contributed by atoms with Gasteiger partial charge in [0.15, 0.2) is 0 Å². The van der Waals surface area contributed by atoms with E-state index in [1.165, 1.54) is 7.11 Å². The van der Waals surface area contributed by atoms with E-state index in [0.717, 1.165) is 34.9 Å². The smallest absolute Gasteiger partial charge is 0.400 e. The lowest BCUT2D eigenvalue weighted by Gasteiger charge is -2.32. The molecule has 34 heavy (non-hydrogen) atoms. The molecule has 0 radical (unpaired) electrons. The third-order valence-electron chi connectivity index (χ3n) is 7.93. The molecular weight excluding hydrogens is 451 g/mol. The van der Waals surface area contributed by atoms with E-state index in [1.54, 1.807) is 6.21 Å². The van der Waals surface area contributed by atoms with Crippen LogP contribution in [0.15, 0.2) is 28.8 Å². The average molecular weight is 488 g/mol. The molecular formula is C25H36B2ClNO5. The fraction of sp³-hybridized carbons (Fsp3) is 0.640. The van der Waals surface area contributed by atoms with Gasteiger partial charge < -0.3 is 23.5 Å². The van der Waals surface area contributed by atoms with Crippen LogP contribution in [0.25, 0.3) is 5.47 Å². The number of rotatable bonds is 6. The van der Waals surface area contributed by atoms with Crippen molar-refractivity contribution < 1.29 is 23.5 Å². The van der Waals surface area contributed by atoms with Crippen LogP contribution in [0, 0.1) is 5.92 Å². The van der Waals surface area contributed by atoms with Crippen LogP contribution in [-0.2, 0) is 23.5 Å². The lowest BCUT2D eigenvalue weighted by atomic mass is 9.60. The summed E-state index contributed by atoms with van der Waals surface area (Å²) in [6.45, 7) is 16.5. The van der Waals surface area contributed by atoms with Crippen molar-refractivity contribution in [2.45, 2.75) is 90.6 Å². The third kappa shape index (κ3) is 4.60. The van der Waals surface area contributed by atoms with Crippen LogP contribution in [-0.4, -0.2) is 50.0 Å². The van der Waals surface area contributed by atoms with Gasteiger partial charge in [0.25, 0.3) is 0 Å². The van der Waals surface area contributed by atoms with Crippen LogP contribution < -0.4 is 0 Å². The lowest BCUT2D eigenvalue weighted by molar-refractivity contribution is 0.00578. The normalized spacial score (nSPS) is 25.7. The van der Waals surface area contributed by atoms with Crippen LogP contribution in [0.4, 0.5) is 0 Å². The Morgan fingerprint density at radius 2 is 1.41 bits per heavy atom. The first-order valence-corrected chi connectivity index (χ1v) is 12.4. The maximum absolute atomic E-state index is 6.59. The number of benzene rings is 1. The van der Waals surface area contributed by atoms with Crippen LogP contribution in [0.1, 0.15) is 79.4 Å². The van der Waals surface area contributed by atoms with E-state index in [2.05, 4.69) is 60.5 Å². The van der Waals surface area contributed by atoms with E-state index in [4.69, 9.17) is 35.1 Å². The Balaban J connectivity index is 1.95. The molecule has 0 aromatic heterocycles. The van der Waals surface area contributed by atoms with Crippen molar-refractivity contribution in [3.63, 3.8) is 0 Å². The molecule has 184 valence electrons. The van der Waals surface area contributed by atoms with Crippen molar-refractivity contribution in [3.05, 3.63) is 39.8 Å². The Hall–Kier alpha value is -1.31. The first-order chi connectivity index (χ1) is 15.7. The highest BCUT2D eigenvalue weighted by atomic mass is 35.5. The standard InChI is InChI=1S/C25H36B2ClNO5/c1-22(2)23(3,4)32-26(31-22)20(16-10-11-16)21(27-33-24(5,6)25(7,8)34-27)19-14-18(28)13-12-17(19)15-29-30-9/h12-16H,10-11H2,1-9H3/b21-20-,29-15+. The zero-order valence-corrected chi connectivity index (χ0v) is 22.6. The predicted octanol–water partition coefficient (Wildman–Crippen LogP) is 5.75. The molecule has 1 saturated carbocycles. The van der Waals surface area contributed by atoms with Gasteiger partial charge in [0.1, 0.15) is 7.11 Å². The molecule has 1 aromatic rings. The molecule has 3 fully saturated rings. The van der Waals surface area contributed by atoms with Gasteiger partial charge in [-0.1, -0.05) is 22.8 Å². The summed E-state index contributed by atoms with van der Waals surface area (Å²) < 4.78 is 26.3. The van der Waals surface area contributed by atoms with Gasteiger partial charge in [-0.05, 0) is 103 Å². The predicted molar refractivity (Wildman–Crippen MR) is 138 cm³/mol. The summed E-state index contributed by atoms with van der Waals surface area (Å²) in [6, 6.07) is 5.71. The number of hydrogen-bond donors (Lipinski definition) is 0. The van der Waals surface area contributed by atoms with Crippen LogP contribution in [0.5, 0.6) is 0 Å². The summed E-state index contributed by atoms with van der Waals surface area (Å²) in [5.74, 6) is 0.315. The van der Waals surface area contributed by atoms with Gasteiger partial charge in [-0.25, -0.2) is 0 Å². The molecule has 0 N–H and O–H groups in total. The zero-order chi connectivity index (χ0) is 25.1. The molecule has 2 aliphatic heterocycles. The van der Waals surface area contributed by atoms with Crippen LogP contribution >= 0.6 is 11.6 Å². The Morgan fingerprint density at radius 3 is 1.88 bits per heavy atom. The van der Waals surface area contributed by atoms with Gasteiger partial charge in [0.05, 0.1) is 28.6 Å². The Kier molecular flexibility index (Phi) is 6.57. The second-order valence-electron chi connectivity index (χ2n) is 11.5. The number of halogens is 1. The summed E-state index contributed by atoms with van der Waals surface area (Å²) in [4.78, 5) is 4.99. The van der Waals surface area contributed by atoms with E-state index in [1.807, 2.05) is 18.2 Å². The number of hydrogen-bond acceptors (Lipinski definition) is 6. The van der Waals surface area contributed by atoms with Gasteiger partial charge in [0.2, 0.25) is 0 Å². The van der Waals surface area contributed by atoms with Gasteiger partial charge >= 0.3 is 14.2 Å². The van der Waals surface area contributed by atoms with Crippen molar-refractivity contribution in [2.24, 2.45) is 11.1 Å². The van der Waals surface area contributed by atoms with E-state index in [9.17, 15) is 0 Å². The molecule has 0 unspecified atom stereocenters. The number of oxime groups is 1. The van der Waals surface area contributed by atoms with Gasteiger partial charge in [-0.2, -0.15) is 0 Å². The molecule has 2 saturated heterocycles. The molecule has 0 spiro atoms. The molecule has 1 aliphatic carbocycles. The van der Waals surface area contributed by atoms with Crippen molar-refractivity contribution in [2.75, 3.05) is 7.11 Å². The second kappa shape index (κ2) is 8.67. The first-order valence-electron chi connectivity index (χ1n) is 12.0. The summed E-state index contributed by atoms with van der Waals surface area (Å²) in [5, 5.41) is 4.64. The van der Waals surface area contributed by atoms with Crippen molar-refractivity contribution in [3.8, 4) is 0 Å². The highest BCUT2D eigenvalue weighted by molar-refractivity contribution is 6.74. The molecule has 3 aliphatic rings. The largest absolute Gasteiger partial charge is 0.494 e. The Morgan fingerprint density at radius 1 is 0.912 bits per heavy atom.